The summed E-state index contributed by atoms with van der Waals surface area (Å²) in [6.07, 6.45) is 5.22. The molecule has 5 nitrogen and oxygen atoms in total. The zero-order chi connectivity index (χ0) is 15.2. The van der Waals surface area contributed by atoms with E-state index in [4.69, 9.17) is 11.6 Å². The van der Waals surface area contributed by atoms with Gasteiger partial charge in [0, 0.05) is 31.7 Å². The molecule has 0 aliphatic heterocycles. The number of nitro groups is 1. The zero-order valence-corrected chi connectivity index (χ0v) is 13.1. The molecule has 0 heterocycles. The average molecular weight is 312 g/mol. The average Bonchev–Trinajstić information content (AvgIpc) is 2.98. The van der Waals surface area contributed by atoms with Gasteiger partial charge in [-0.15, -0.1) is 0 Å². The number of halogens is 1. The summed E-state index contributed by atoms with van der Waals surface area (Å²) in [7, 11) is 2.15. The van der Waals surface area contributed by atoms with Crippen LogP contribution >= 0.6 is 11.6 Å². The van der Waals surface area contributed by atoms with Crippen LogP contribution in [0.15, 0.2) is 18.2 Å². The Balaban J connectivity index is 1.82. The standard InChI is InChI=1S/C15H22ClN3O2/c1-18(12-5-2-3-6-12)10-9-17-11-13-14(16)7-4-8-15(13)19(20)21/h4,7-8,12,17H,2-3,5-6,9-11H2,1H3. The Hall–Kier alpha value is -1.17. The number of likely N-dealkylation sites (N-methyl/N-ethyl adjacent to an activating group) is 1. The lowest BCUT2D eigenvalue weighted by molar-refractivity contribution is -0.385. The second-order valence-electron chi connectivity index (χ2n) is 5.59. The maximum absolute atomic E-state index is 11.0. The summed E-state index contributed by atoms with van der Waals surface area (Å²) in [6.45, 7) is 2.17. The molecular weight excluding hydrogens is 290 g/mol. The first kappa shape index (κ1) is 16.2. The molecule has 0 atom stereocenters. The quantitative estimate of drug-likeness (QED) is 0.477. The Bertz CT molecular complexity index is 490. The van der Waals surface area contributed by atoms with Crippen LogP contribution in [0.3, 0.4) is 0 Å². The summed E-state index contributed by atoms with van der Waals surface area (Å²) in [5.41, 5.74) is 0.645. The third kappa shape index (κ3) is 4.40. The van der Waals surface area contributed by atoms with Crippen LogP contribution in [0.1, 0.15) is 31.2 Å². The highest BCUT2D eigenvalue weighted by Gasteiger charge is 2.19. The van der Waals surface area contributed by atoms with Crippen molar-refractivity contribution in [2.45, 2.75) is 38.3 Å². The van der Waals surface area contributed by atoms with Crippen LogP contribution in [0.25, 0.3) is 0 Å². The van der Waals surface area contributed by atoms with Gasteiger partial charge in [-0.25, -0.2) is 0 Å². The van der Waals surface area contributed by atoms with Crippen molar-refractivity contribution in [2.75, 3.05) is 20.1 Å². The summed E-state index contributed by atoms with van der Waals surface area (Å²) >= 11 is 6.06. The van der Waals surface area contributed by atoms with E-state index in [0.29, 0.717) is 23.2 Å². The van der Waals surface area contributed by atoms with E-state index < -0.39 is 0 Å². The molecule has 0 spiro atoms. The van der Waals surface area contributed by atoms with Crippen molar-refractivity contribution < 1.29 is 4.92 Å². The minimum Gasteiger partial charge on any atom is -0.311 e. The first-order valence-corrected chi connectivity index (χ1v) is 7.80. The molecule has 1 aromatic rings. The number of nitro benzene ring substituents is 1. The van der Waals surface area contributed by atoms with E-state index in [1.54, 1.807) is 12.1 Å². The van der Waals surface area contributed by atoms with Gasteiger partial charge in [-0.05, 0) is 26.0 Å². The van der Waals surface area contributed by atoms with Crippen LogP contribution in [0.2, 0.25) is 5.02 Å². The molecule has 21 heavy (non-hydrogen) atoms. The van der Waals surface area contributed by atoms with Crippen molar-refractivity contribution in [1.29, 1.82) is 0 Å². The van der Waals surface area contributed by atoms with Crippen molar-refractivity contribution in [3.8, 4) is 0 Å². The molecule has 1 saturated carbocycles. The number of nitrogens with zero attached hydrogens (tertiary/aromatic N) is 2. The molecule has 1 aliphatic carbocycles. The van der Waals surface area contributed by atoms with Gasteiger partial charge >= 0.3 is 0 Å². The lowest BCUT2D eigenvalue weighted by Gasteiger charge is -2.24. The van der Waals surface area contributed by atoms with Gasteiger partial charge in [0.2, 0.25) is 0 Å². The second kappa shape index (κ2) is 7.73. The molecule has 0 bridgehead atoms. The van der Waals surface area contributed by atoms with E-state index in [-0.39, 0.29) is 10.6 Å². The monoisotopic (exact) mass is 311 g/mol. The minimum absolute atomic E-state index is 0.0825. The summed E-state index contributed by atoms with van der Waals surface area (Å²) < 4.78 is 0. The van der Waals surface area contributed by atoms with Crippen molar-refractivity contribution in [1.82, 2.24) is 10.2 Å². The number of nitrogens with one attached hydrogen (secondary N) is 1. The first-order chi connectivity index (χ1) is 10.1. The molecule has 0 unspecified atom stereocenters. The lowest BCUT2D eigenvalue weighted by Crippen LogP contribution is -2.35. The molecule has 1 fully saturated rings. The fourth-order valence-corrected chi connectivity index (χ4v) is 3.13. The van der Waals surface area contributed by atoms with Crippen molar-refractivity contribution in [3.63, 3.8) is 0 Å². The Kier molecular flexibility index (Phi) is 5.96. The smallest absolute Gasteiger partial charge is 0.275 e. The van der Waals surface area contributed by atoms with E-state index in [2.05, 4.69) is 17.3 Å². The summed E-state index contributed by atoms with van der Waals surface area (Å²) in [6, 6.07) is 5.49. The molecular formula is C15H22ClN3O2. The summed E-state index contributed by atoms with van der Waals surface area (Å²) in [4.78, 5) is 13.0. The van der Waals surface area contributed by atoms with E-state index in [0.717, 1.165) is 13.1 Å². The van der Waals surface area contributed by atoms with Gasteiger partial charge in [-0.3, -0.25) is 10.1 Å². The summed E-state index contributed by atoms with van der Waals surface area (Å²) in [5, 5.41) is 14.7. The topological polar surface area (TPSA) is 58.4 Å². The highest BCUT2D eigenvalue weighted by Crippen LogP contribution is 2.26. The molecule has 1 aliphatic rings. The molecule has 1 N–H and O–H groups in total. The number of hydrogen-bond acceptors (Lipinski definition) is 4. The Labute approximate surface area is 130 Å². The van der Waals surface area contributed by atoms with Gasteiger partial charge in [0.15, 0.2) is 0 Å². The van der Waals surface area contributed by atoms with E-state index in [1.807, 2.05) is 0 Å². The Morgan fingerprint density at radius 2 is 2.14 bits per heavy atom. The van der Waals surface area contributed by atoms with E-state index in [1.165, 1.54) is 31.7 Å². The molecule has 1 aromatic carbocycles. The lowest BCUT2D eigenvalue weighted by atomic mass is 10.2. The predicted molar refractivity (Wildman–Crippen MR) is 84.7 cm³/mol. The van der Waals surface area contributed by atoms with Crippen LogP contribution in [0, 0.1) is 10.1 Å². The molecule has 6 heteroatoms. The molecule has 0 aromatic heterocycles. The Morgan fingerprint density at radius 1 is 1.43 bits per heavy atom. The van der Waals surface area contributed by atoms with Gasteiger partial charge in [0.05, 0.1) is 15.5 Å². The summed E-state index contributed by atoms with van der Waals surface area (Å²) in [5.74, 6) is 0. The fourth-order valence-electron chi connectivity index (χ4n) is 2.89. The van der Waals surface area contributed by atoms with Crippen molar-refractivity contribution in [3.05, 3.63) is 38.9 Å². The van der Waals surface area contributed by atoms with Crippen LogP contribution in [-0.4, -0.2) is 36.0 Å². The molecule has 0 amide bonds. The first-order valence-electron chi connectivity index (χ1n) is 7.42. The minimum atomic E-state index is -0.381. The normalized spacial score (nSPS) is 15.8. The largest absolute Gasteiger partial charge is 0.311 e. The predicted octanol–water partition coefficient (Wildman–Crippen LogP) is 3.21. The third-order valence-corrected chi connectivity index (χ3v) is 4.54. The SMILES string of the molecule is CN(CCNCc1c(Cl)cccc1[N+](=O)[O-])C1CCCC1. The molecule has 0 radical (unpaired) electrons. The van der Waals surface area contributed by atoms with Crippen molar-refractivity contribution >= 4 is 17.3 Å². The Morgan fingerprint density at radius 3 is 2.81 bits per heavy atom. The maximum atomic E-state index is 11.0. The van der Waals surface area contributed by atoms with Crippen molar-refractivity contribution in [2.24, 2.45) is 0 Å². The molecule has 116 valence electrons. The number of rotatable bonds is 7. The van der Waals surface area contributed by atoms with Crippen LogP contribution < -0.4 is 5.32 Å². The van der Waals surface area contributed by atoms with Crippen LogP contribution in [0.5, 0.6) is 0 Å². The molecule has 0 saturated heterocycles. The van der Waals surface area contributed by atoms with Crippen LogP contribution in [-0.2, 0) is 6.54 Å². The second-order valence-corrected chi connectivity index (χ2v) is 6.00. The fraction of sp³-hybridized carbons (Fsp3) is 0.600. The molecule has 2 rings (SSSR count). The van der Waals surface area contributed by atoms with E-state index >= 15 is 0 Å². The zero-order valence-electron chi connectivity index (χ0n) is 12.3. The third-order valence-electron chi connectivity index (χ3n) is 4.18. The highest BCUT2D eigenvalue weighted by atomic mass is 35.5. The van der Waals surface area contributed by atoms with Crippen LogP contribution in [0.4, 0.5) is 5.69 Å². The maximum Gasteiger partial charge on any atom is 0.275 e. The van der Waals surface area contributed by atoms with Gasteiger partial charge < -0.3 is 10.2 Å². The highest BCUT2D eigenvalue weighted by molar-refractivity contribution is 6.31. The van der Waals surface area contributed by atoms with Gasteiger partial charge in [-0.2, -0.15) is 0 Å². The van der Waals surface area contributed by atoms with Gasteiger partial charge in [0.1, 0.15) is 0 Å². The van der Waals surface area contributed by atoms with Gasteiger partial charge in [-0.1, -0.05) is 30.5 Å². The van der Waals surface area contributed by atoms with E-state index in [9.17, 15) is 10.1 Å². The van der Waals surface area contributed by atoms with Gasteiger partial charge in [0.25, 0.3) is 5.69 Å². The number of benzene rings is 1. The number of hydrogen-bond donors (Lipinski definition) is 1.